The summed E-state index contributed by atoms with van der Waals surface area (Å²) in [6.07, 6.45) is 0. The van der Waals surface area contributed by atoms with Gasteiger partial charge in [0.25, 0.3) is 0 Å². The summed E-state index contributed by atoms with van der Waals surface area (Å²) in [7, 11) is 0. The zero-order chi connectivity index (χ0) is 12.1. The minimum atomic E-state index is 0.495. The lowest BCUT2D eigenvalue weighted by atomic mass is 10.4. The third-order valence-corrected chi connectivity index (χ3v) is 2.09. The summed E-state index contributed by atoms with van der Waals surface area (Å²) >= 11 is 0. The standard InChI is InChI=1S/C10H22N4O2/c1-3-15-9-7-14(6-5-12-13-11)8-10-16-4-2/h3-10H2,1-2H3. The molecular weight excluding hydrogens is 208 g/mol. The van der Waals surface area contributed by atoms with E-state index in [9.17, 15) is 0 Å². The minimum absolute atomic E-state index is 0.495. The van der Waals surface area contributed by atoms with Crippen molar-refractivity contribution in [2.75, 3.05) is 52.6 Å². The van der Waals surface area contributed by atoms with Crippen molar-refractivity contribution < 1.29 is 9.47 Å². The van der Waals surface area contributed by atoms with Gasteiger partial charge in [-0.05, 0) is 19.4 Å². The summed E-state index contributed by atoms with van der Waals surface area (Å²) in [5, 5.41) is 3.53. The molecule has 0 atom stereocenters. The maximum atomic E-state index is 8.20. The molecule has 0 aromatic carbocycles. The van der Waals surface area contributed by atoms with Gasteiger partial charge in [0, 0.05) is 44.3 Å². The summed E-state index contributed by atoms with van der Waals surface area (Å²) < 4.78 is 10.6. The highest BCUT2D eigenvalue weighted by Crippen LogP contribution is 1.91. The fraction of sp³-hybridized carbons (Fsp3) is 1.00. The van der Waals surface area contributed by atoms with Crippen molar-refractivity contribution in [3.63, 3.8) is 0 Å². The van der Waals surface area contributed by atoms with Gasteiger partial charge in [0.2, 0.25) is 0 Å². The summed E-state index contributed by atoms with van der Waals surface area (Å²) in [5.74, 6) is 0. The van der Waals surface area contributed by atoms with Crippen LogP contribution < -0.4 is 0 Å². The molecule has 0 N–H and O–H groups in total. The molecule has 94 valence electrons. The second-order valence-electron chi connectivity index (χ2n) is 3.19. The number of azide groups is 1. The average Bonchev–Trinajstić information content (AvgIpc) is 2.29. The molecule has 0 radical (unpaired) electrons. The molecule has 6 nitrogen and oxygen atoms in total. The molecule has 0 amide bonds. The van der Waals surface area contributed by atoms with Gasteiger partial charge in [0.1, 0.15) is 0 Å². The van der Waals surface area contributed by atoms with Crippen LogP contribution in [0.1, 0.15) is 13.8 Å². The maximum absolute atomic E-state index is 8.20. The minimum Gasteiger partial charge on any atom is -0.380 e. The van der Waals surface area contributed by atoms with Crippen LogP contribution in [0.4, 0.5) is 0 Å². The molecule has 0 aliphatic rings. The van der Waals surface area contributed by atoms with E-state index in [1.807, 2.05) is 13.8 Å². The monoisotopic (exact) mass is 230 g/mol. The Kier molecular flexibility index (Phi) is 11.6. The molecule has 0 aliphatic carbocycles. The van der Waals surface area contributed by atoms with Gasteiger partial charge < -0.3 is 9.47 Å². The zero-order valence-electron chi connectivity index (χ0n) is 10.3. The number of nitrogens with zero attached hydrogens (tertiary/aromatic N) is 4. The van der Waals surface area contributed by atoms with E-state index in [-0.39, 0.29) is 0 Å². The first kappa shape index (κ1) is 15.2. The summed E-state index contributed by atoms with van der Waals surface area (Å²) in [6, 6.07) is 0. The molecule has 0 aromatic heterocycles. The second kappa shape index (κ2) is 12.3. The van der Waals surface area contributed by atoms with E-state index in [0.717, 1.165) is 32.8 Å². The van der Waals surface area contributed by atoms with Crippen LogP contribution in [0.3, 0.4) is 0 Å². The third-order valence-electron chi connectivity index (χ3n) is 2.09. The van der Waals surface area contributed by atoms with Crippen molar-refractivity contribution in [1.82, 2.24) is 4.90 Å². The SMILES string of the molecule is CCOCCN(CCN=[N+]=[N-])CCOCC. The molecule has 0 rings (SSSR count). The Bertz CT molecular complexity index is 185. The summed E-state index contributed by atoms with van der Waals surface area (Å²) in [4.78, 5) is 4.92. The maximum Gasteiger partial charge on any atom is 0.0593 e. The highest BCUT2D eigenvalue weighted by molar-refractivity contribution is 4.59. The molecule has 0 spiro atoms. The Morgan fingerprint density at radius 2 is 1.62 bits per heavy atom. The first-order chi connectivity index (χ1) is 7.85. The smallest absolute Gasteiger partial charge is 0.0593 e. The Hall–Kier alpha value is -0.810. The normalized spacial score (nSPS) is 10.4. The Morgan fingerprint density at radius 3 is 2.06 bits per heavy atom. The fourth-order valence-electron chi connectivity index (χ4n) is 1.24. The lowest BCUT2D eigenvalue weighted by Gasteiger charge is -2.20. The van der Waals surface area contributed by atoms with E-state index >= 15 is 0 Å². The van der Waals surface area contributed by atoms with Crippen molar-refractivity contribution >= 4 is 0 Å². The Balaban J connectivity index is 3.70. The van der Waals surface area contributed by atoms with Gasteiger partial charge in [-0.15, -0.1) is 0 Å². The average molecular weight is 230 g/mol. The second-order valence-corrected chi connectivity index (χ2v) is 3.19. The van der Waals surface area contributed by atoms with Crippen molar-refractivity contribution in [2.45, 2.75) is 13.8 Å². The lowest BCUT2D eigenvalue weighted by molar-refractivity contribution is 0.0842. The van der Waals surface area contributed by atoms with Crippen LogP contribution in [-0.2, 0) is 9.47 Å². The predicted molar refractivity (Wildman–Crippen MR) is 63.4 cm³/mol. The number of hydrogen-bond acceptors (Lipinski definition) is 4. The van der Waals surface area contributed by atoms with Crippen LogP contribution in [-0.4, -0.2) is 57.5 Å². The number of rotatable bonds is 11. The van der Waals surface area contributed by atoms with Crippen LogP contribution >= 0.6 is 0 Å². The molecule has 0 aromatic rings. The molecule has 0 fully saturated rings. The molecule has 16 heavy (non-hydrogen) atoms. The molecule has 0 saturated carbocycles. The quantitative estimate of drug-likeness (QED) is 0.234. The molecule has 0 unspecified atom stereocenters. The van der Waals surface area contributed by atoms with E-state index in [1.165, 1.54) is 0 Å². The fourth-order valence-corrected chi connectivity index (χ4v) is 1.24. The van der Waals surface area contributed by atoms with Crippen molar-refractivity contribution in [3.8, 4) is 0 Å². The van der Waals surface area contributed by atoms with Crippen LogP contribution in [0, 0.1) is 0 Å². The van der Waals surface area contributed by atoms with Gasteiger partial charge in [0.05, 0.1) is 13.2 Å². The highest BCUT2D eigenvalue weighted by Gasteiger charge is 2.03. The highest BCUT2D eigenvalue weighted by atomic mass is 16.5. The summed E-state index contributed by atoms with van der Waals surface area (Å²) in [6.45, 7) is 9.78. The molecular formula is C10H22N4O2. The summed E-state index contributed by atoms with van der Waals surface area (Å²) in [5.41, 5.74) is 8.20. The first-order valence-electron chi connectivity index (χ1n) is 5.73. The molecule has 0 saturated heterocycles. The van der Waals surface area contributed by atoms with Crippen molar-refractivity contribution in [1.29, 1.82) is 0 Å². The van der Waals surface area contributed by atoms with Crippen molar-refractivity contribution in [2.24, 2.45) is 5.11 Å². The van der Waals surface area contributed by atoms with Gasteiger partial charge in [0.15, 0.2) is 0 Å². The van der Waals surface area contributed by atoms with E-state index in [1.54, 1.807) is 0 Å². The molecule has 6 heteroatoms. The van der Waals surface area contributed by atoms with Gasteiger partial charge in [-0.2, -0.15) is 0 Å². The topological polar surface area (TPSA) is 70.5 Å². The molecule has 0 heterocycles. The van der Waals surface area contributed by atoms with E-state index < -0.39 is 0 Å². The largest absolute Gasteiger partial charge is 0.380 e. The zero-order valence-corrected chi connectivity index (χ0v) is 10.3. The number of hydrogen-bond donors (Lipinski definition) is 0. The Labute approximate surface area is 97.1 Å². The van der Waals surface area contributed by atoms with E-state index in [2.05, 4.69) is 14.9 Å². The van der Waals surface area contributed by atoms with Crippen LogP contribution in [0.25, 0.3) is 10.4 Å². The first-order valence-corrected chi connectivity index (χ1v) is 5.73. The van der Waals surface area contributed by atoms with Crippen molar-refractivity contribution in [3.05, 3.63) is 10.4 Å². The Morgan fingerprint density at radius 1 is 1.06 bits per heavy atom. The van der Waals surface area contributed by atoms with Crippen LogP contribution in [0.15, 0.2) is 5.11 Å². The lowest BCUT2D eigenvalue weighted by Crippen LogP contribution is -2.33. The third kappa shape index (κ3) is 9.73. The molecule has 0 bridgehead atoms. The van der Waals surface area contributed by atoms with E-state index in [0.29, 0.717) is 19.8 Å². The van der Waals surface area contributed by atoms with Crippen LogP contribution in [0.5, 0.6) is 0 Å². The van der Waals surface area contributed by atoms with Gasteiger partial charge in [-0.1, -0.05) is 5.11 Å². The van der Waals surface area contributed by atoms with Crippen LogP contribution in [0.2, 0.25) is 0 Å². The predicted octanol–water partition coefficient (Wildman–Crippen LogP) is 1.67. The molecule has 0 aliphatic heterocycles. The van der Waals surface area contributed by atoms with E-state index in [4.69, 9.17) is 15.0 Å². The van der Waals surface area contributed by atoms with Gasteiger partial charge in [-0.3, -0.25) is 4.90 Å². The van der Waals surface area contributed by atoms with Gasteiger partial charge in [-0.25, -0.2) is 0 Å². The number of ether oxygens (including phenoxy) is 2. The van der Waals surface area contributed by atoms with Gasteiger partial charge >= 0.3 is 0 Å².